The molecule has 0 bridgehead atoms. The fraction of sp³-hybridized carbons (Fsp3) is 0.312. The highest BCUT2D eigenvalue weighted by atomic mass is 35.5. The van der Waals surface area contributed by atoms with Crippen molar-refractivity contribution in [3.63, 3.8) is 0 Å². The topological polar surface area (TPSA) is 101 Å². The maximum atomic E-state index is 13.0. The summed E-state index contributed by atoms with van der Waals surface area (Å²) in [5, 5.41) is 1.26. The molecule has 7 nitrogen and oxygen atoms in total. The Balaban J connectivity index is 0.000000206. The van der Waals surface area contributed by atoms with Crippen LogP contribution in [-0.4, -0.2) is 47.8 Å². The second-order valence-electron chi connectivity index (χ2n) is 5.74. The number of nitrogens with one attached hydrogen (secondary N) is 1. The van der Waals surface area contributed by atoms with Crippen LogP contribution in [0, 0.1) is 5.82 Å². The van der Waals surface area contributed by atoms with Gasteiger partial charge in [-0.1, -0.05) is 11.6 Å². The summed E-state index contributed by atoms with van der Waals surface area (Å²) in [4.78, 5) is 14.9. The van der Waals surface area contributed by atoms with E-state index in [0.717, 1.165) is 24.7 Å². The number of halogens is 2. The first kappa shape index (κ1) is 18.7. The van der Waals surface area contributed by atoms with Crippen LogP contribution in [0.4, 0.5) is 10.2 Å². The quantitative estimate of drug-likeness (QED) is 0.693. The van der Waals surface area contributed by atoms with Gasteiger partial charge in [-0.15, -0.1) is 0 Å². The molecule has 4 heterocycles. The van der Waals surface area contributed by atoms with E-state index >= 15 is 0 Å². The van der Waals surface area contributed by atoms with Crippen LogP contribution in [-0.2, 0) is 11.0 Å². The molecule has 3 N–H and O–H groups in total. The second kappa shape index (κ2) is 8.07. The van der Waals surface area contributed by atoms with Crippen molar-refractivity contribution in [1.29, 1.82) is 0 Å². The lowest BCUT2D eigenvalue weighted by molar-refractivity contribution is 0.540. The molecule has 138 valence electrons. The lowest BCUT2D eigenvalue weighted by Gasteiger charge is -2.07. The average Bonchev–Trinajstić information content (AvgIpc) is 3.27. The molecule has 1 saturated heterocycles. The molecule has 3 aromatic heterocycles. The molecule has 1 fully saturated rings. The maximum absolute atomic E-state index is 13.0. The van der Waals surface area contributed by atoms with Gasteiger partial charge in [-0.3, -0.25) is 0 Å². The van der Waals surface area contributed by atoms with Crippen molar-refractivity contribution in [2.45, 2.75) is 12.8 Å². The Hall–Kier alpha value is -2.10. The van der Waals surface area contributed by atoms with Crippen LogP contribution >= 0.6 is 11.6 Å². The summed E-state index contributed by atoms with van der Waals surface area (Å²) in [6, 6.07) is 1.73. The van der Waals surface area contributed by atoms with E-state index in [0.29, 0.717) is 22.1 Å². The van der Waals surface area contributed by atoms with Gasteiger partial charge in [0.2, 0.25) is 0 Å². The summed E-state index contributed by atoms with van der Waals surface area (Å²) >= 11 is 5.89. The number of aromatic nitrogens is 4. The first-order valence-electron chi connectivity index (χ1n) is 7.95. The Morgan fingerprint density at radius 1 is 1.31 bits per heavy atom. The molecule has 0 radical (unpaired) electrons. The first-order valence-corrected chi connectivity index (χ1v) is 9.84. The van der Waals surface area contributed by atoms with Crippen molar-refractivity contribution in [3.8, 4) is 11.4 Å². The Morgan fingerprint density at radius 3 is 2.65 bits per heavy atom. The molecule has 1 aliphatic rings. The van der Waals surface area contributed by atoms with Crippen LogP contribution in [0.25, 0.3) is 22.4 Å². The molecule has 0 amide bonds. The van der Waals surface area contributed by atoms with Gasteiger partial charge in [-0.05, 0) is 18.9 Å². The standard InChI is InChI=1S/C11H7ClFN5.C5H11NOS/c12-5-1-6-7(3-16-10(6)15-2-5)11-17-4-8(13)9(14)18-11;1-8(7)6-4-2-3-5-6/h1-4H,(H,15,16)(H2,14,17,18);2-5H2,1H3. The number of nitrogens with two attached hydrogens (primary N) is 1. The number of pyridine rings is 1. The molecule has 0 aromatic carbocycles. The highest BCUT2D eigenvalue weighted by molar-refractivity contribution is 7.81. The van der Waals surface area contributed by atoms with Crippen molar-refractivity contribution in [3.05, 3.63) is 35.5 Å². The smallest absolute Gasteiger partial charge is 0.183 e. The van der Waals surface area contributed by atoms with E-state index in [1.54, 1.807) is 18.5 Å². The molecular formula is C16H18ClFN6OS. The van der Waals surface area contributed by atoms with Crippen molar-refractivity contribution in [2.24, 2.45) is 0 Å². The van der Waals surface area contributed by atoms with Crippen LogP contribution in [0.2, 0.25) is 5.02 Å². The predicted octanol–water partition coefficient (Wildman–Crippen LogP) is 2.77. The Bertz CT molecular complexity index is 944. The number of aromatic amines is 1. The third kappa shape index (κ3) is 4.17. The minimum absolute atomic E-state index is 0.190. The van der Waals surface area contributed by atoms with Gasteiger partial charge in [0, 0.05) is 42.7 Å². The highest BCUT2D eigenvalue weighted by Gasteiger charge is 2.13. The third-order valence-electron chi connectivity index (χ3n) is 3.94. The van der Waals surface area contributed by atoms with Crippen LogP contribution < -0.4 is 5.73 Å². The summed E-state index contributed by atoms with van der Waals surface area (Å²) in [5.41, 5.74) is 6.75. The molecule has 1 atom stereocenters. The van der Waals surface area contributed by atoms with Gasteiger partial charge < -0.3 is 10.7 Å². The highest BCUT2D eigenvalue weighted by Crippen LogP contribution is 2.27. The SMILES string of the molecule is CS(=O)N1CCCC1.Nc1nc(-c2c[nH]c3ncc(Cl)cc23)ncc1F. The zero-order chi connectivity index (χ0) is 18.7. The number of hydrogen-bond acceptors (Lipinski definition) is 5. The van der Waals surface area contributed by atoms with Gasteiger partial charge >= 0.3 is 0 Å². The molecule has 0 spiro atoms. The van der Waals surface area contributed by atoms with E-state index in [2.05, 4.69) is 19.9 Å². The van der Waals surface area contributed by atoms with Gasteiger partial charge in [0.25, 0.3) is 0 Å². The fourth-order valence-electron chi connectivity index (χ4n) is 2.62. The Labute approximate surface area is 157 Å². The lowest BCUT2D eigenvalue weighted by atomic mass is 10.2. The van der Waals surface area contributed by atoms with Crippen molar-refractivity contribution >= 4 is 39.4 Å². The monoisotopic (exact) mass is 396 g/mol. The molecule has 4 rings (SSSR count). The predicted molar refractivity (Wildman–Crippen MR) is 101 cm³/mol. The van der Waals surface area contributed by atoms with Gasteiger partial charge in [-0.25, -0.2) is 27.9 Å². The first-order chi connectivity index (χ1) is 12.5. The molecule has 0 saturated carbocycles. The summed E-state index contributed by atoms with van der Waals surface area (Å²) in [5.74, 6) is -0.511. The second-order valence-corrected chi connectivity index (χ2v) is 7.54. The fourth-order valence-corrected chi connectivity index (χ4v) is 3.55. The number of nitrogens with zero attached hydrogens (tertiary/aromatic N) is 4. The molecule has 0 aliphatic carbocycles. The number of nitrogen functional groups attached to an aromatic ring is 1. The Morgan fingerprint density at radius 2 is 2.04 bits per heavy atom. The van der Waals surface area contributed by atoms with Gasteiger partial charge in [0.1, 0.15) is 5.65 Å². The van der Waals surface area contributed by atoms with Gasteiger partial charge in [0.05, 0.1) is 22.2 Å². The number of hydrogen-bond donors (Lipinski definition) is 2. The van der Waals surface area contributed by atoms with E-state index in [9.17, 15) is 8.60 Å². The number of anilines is 1. The lowest BCUT2D eigenvalue weighted by Crippen LogP contribution is -2.20. The van der Waals surface area contributed by atoms with E-state index in [4.69, 9.17) is 17.3 Å². The van der Waals surface area contributed by atoms with Gasteiger partial charge in [0.15, 0.2) is 17.5 Å². The van der Waals surface area contributed by atoms with E-state index in [1.165, 1.54) is 19.0 Å². The molecule has 1 unspecified atom stereocenters. The summed E-state index contributed by atoms with van der Waals surface area (Å²) in [6.45, 7) is 2.06. The zero-order valence-electron chi connectivity index (χ0n) is 14.1. The normalized spacial score (nSPS) is 15.7. The van der Waals surface area contributed by atoms with E-state index < -0.39 is 16.8 Å². The number of fused-ring (bicyclic) bond motifs is 1. The van der Waals surface area contributed by atoms with Crippen molar-refractivity contribution in [2.75, 3.05) is 25.1 Å². The Kier molecular flexibility index (Phi) is 5.80. The minimum Gasteiger partial charge on any atom is -0.381 e. The van der Waals surface area contributed by atoms with E-state index in [1.807, 2.05) is 4.31 Å². The van der Waals surface area contributed by atoms with Crippen LogP contribution in [0.3, 0.4) is 0 Å². The molecule has 1 aliphatic heterocycles. The number of rotatable bonds is 2. The maximum Gasteiger partial charge on any atom is 0.183 e. The molecular weight excluding hydrogens is 379 g/mol. The average molecular weight is 397 g/mol. The van der Waals surface area contributed by atoms with Crippen molar-refractivity contribution < 1.29 is 8.60 Å². The summed E-state index contributed by atoms with van der Waals surface area (Å²) in [6.07, 6.45) is 8.43. The molecule has 10 heteroatoms. The van der Waals surface area contributed by atoms with Crippen LogP contribution in [0.15, 0.2) is 24.7 Å². The van der Waals surface area contributed by atoms with Crippen LogP contribution in [0.1, 0.15) is 12.8 Å². The van der Waals surface area contributed by atoms with Gasteiger partial charge in [-0.2, -0.15) is 0 Å². The third-order valence-corrected chi connectivity index (χ3v) is 5.24. The molecule has 3 aromatic rings. The zero-order valence-corrected chi connectivity index (χ0v) is 15.6. The number of H-pyrrole nitrogens is 1. The minimum atomic E-state index is -0.708. The van der Waals surface area contributed by atoms with Crippen LogP contribution in [0.5, 0.6) is 0 Å². The van der Waals surface area contributed by atoms with E-state index in [-0.39, 0.29) is 5.82 Å². The van der Waals surface area contributed by atoms with Crippen molar-refractivity contribution in [1.82, 2.24) is 24.2 Å². The largest absolute Gasteiger partial charge is 0.381 e. The summed E-state index contributed by atoms with van der Waals surface area (Å²) in [7, 11) is -0.708. The molecule has 26 heavy (non-hydrogen) atoms. The summed E-state index contributed by atoms with van der Waals surface area (Å²) < 4.78 is 25.7.